The molecule has 0 saturated heterocycles. The van der Waals surface area contributed by atoms with Crippen LogP contribution in [0.15, 0.2) is 47.4 Å². The van der Waals surface area contributed by atoms with E-state index in [1.807, 2.05) is 63.2 Å². The number of methoxy groups -OCH3 is 1. The molecule has 30 heavy (non-hydrogen) atoms. The zero-order valence-electron chi connectivity index (χ0n) is 17.4. The summed E-state index contributed by atoms with van der Waals surface area (Å²) >= 11 is 2.85. The molecule has 3 aromatic rings. The van der Waals surface area contributed by atoms with Crippen molar-refractivity contribution in [1.29, 1.82) is 0 Å². The first-order valence-electron chi connectivity index (χ1n) is 9.49. The highest BCUT2D eigenvalue weighted by molar-refractivity contribution is 8.00. The van der Waals surface area contributed by atoms with Crippen LogP contribution in [0.2, 0.25) is 0 Å². The fraction of sp³-hybridized carbons (Fsp3) is 0.318. The van der Waals surface area contributed by atoms with Crippen molar-refractivity contribution in [3.8, 4) is 5.75 Å². The third kappa shape index (κ3) is 6.47. The second-order valence-corrected chi connectivity index (χ2v) is 10.1. The average Bonchev–Trinajstić information content (AvgIpc) is 3.07. The monoisotopic (exact) mass is 443 g/mol. The minimum Gasteiger partial charge on any atom is -0.497 e. The number of ether oxygens (including phenoxy) is 1. The molecule has 0 aliphatic rings. The molecule has 2 N–H and O–H groups in total. The quantitative estimate of drug-likeness (QED) is 0.477. The first kappa shape index (κ1) is 22.1. The van der Waals surface area contributed by atoms with Crippen LogP contribution in [-0.2, 0) is 9.59 Å². The molecule has 0 radical (unpaired) electrons. The Kier molecular flexibility index (Phi) is 6.99. The van der Waals surface area contributed by atoms with Crippen molar-refractivity contribution in [2.45, 2.75) is 32.1 Å². The number of nitrogens with one attached hydrogen (secondary N) is 2. The van der Waals surface area contributed by atoms with Crippen molar-refractivity contribution in [3.63, 3.8) is 0 Å². The largest absolute Gasteiger partial charge is 0.497 e. The number of aromatic nitrogens is 1. The molecule has 0 fully saturated rings. The highest BCUT2D eigenvalue weighted by Gasteiger charge is 2.16. The number of nitrogens with zero attached hydrogens (tertiary/aromatic N) is 1. The lowest BCUT2D eigenvalue weighted by Gasteiger charge is -2.17. The summed E-state index contributed by atoms with van der Waals surface area (Å²) in [6, 6.07) is 13.1. The minimum atomic E-state index is -0.117. The summed E-state index contributed by atoms with van der Waals surface area (Å²) in [6.07, 6.45) is 0.461. The number of thiazole rings is 1. The van der Waals surface area contributed by atoms with Crippen molar-refractivity contribution in [3.05, 3.63) is 42.5 Å². The van der Waals surface area contributed by atoms with E-state index in [4.69, 9.17) is 4.74 Å². The van der Waals surface area contributed by atoms with Crippen LogP contribution in [0.4, 0.5) is 10.8 Å². The van der Waals surface area contributed by atoms with Crippen molar-refractivity contribution >= 4 is 55.9 Å². The van der Waals surface area contributed by atoms with E-state index in [0.717, 1.165) is 26.5 Å². The number of benzene rings is 2. The lowest BCUT2D eigenvalue weighted by atomic mass is 9.92. The van der Waals surface area contributed by atoms with Gasteiger partial charge in [-0.2, -0.15) is 0 Å². The van der Waals surface area contributed by atoms with Gasteiger partial charge in [-0.3, -0.25) is 9.59 Å². The van der Waals surface area contributed by atoms with Gasteiger partial charge in [0.15, 0.2) is 5.13 Å². The zero-order valence-corrected chi connectivity index (χ0v) is 19.1. The molecule has 6 nitrogen and oxygen atoms in total. The predicted octanol–water partition coefficient (Wildman–Crippen LogP) is 5.41. The van der Waals surface area contributed by atoms with Crippen molar-refractivity contribution in [1.82, 2.24) is 4.98 Å². The summed E-state index contributed by atoms with van der Waals surface area (Å²) in [6.45, 7) is 6.09. The van der Waals surface area contributed by atoms with Gasteiger partial charge in [0, 0.05) is 17.0 Å². The number of carbonyl (C=O) groups excluding carboxylic acids is 2. The van der Waals surface area contributed by atoms with Crippen molar-refractivity contribution in [2.24, 2.45) is 5.41 Å². The lowest BCUT2D eigenvalue weighted by Crippen LogP contribution is -2.19. The number of thioether (sulfide) groups is 1. The molecule has 0 spiro atoms. The molecule has 0 unspecified atom stereocenters. The van der Waals surface area contributed by atoms with Gasteiger partial charge in [-0.05, 0) is 47.9 Å². The zero-order chi connectivity index (χ0) is 21.7. The molecular weight excluding hydrogens is 418 g/mol. The topological polar surface area (TPSA) is 80.3 Å². The van der Waals surface area contributed by atoms with E-state index in [2.05, 4.69) is 15.6 Å². The third-order valence-corrected chi connectivity index (χ3v) is 5.99. The van der Waals surface area contributed by atoms with Crippen molar-refractivity contribution < 1.29 is 14.3 Å². The molecule has 0 atom stereocenters. The van der Waals surface area contributed by atoms with Gasteiger partial charge >= 0.3 is 0 Å². The van der Waals surface area contributed by atoms with Crippen LogP contribution >= 0.6 is 23.1 Å². The molecular formula is C22H25N3O3S2. The van der Waals surface area contributed by atoms with Gasteiger partial charge in [0.05, 0.1) is 23.1 Å². The van der Waals surface area contributed by atoms with Gasteiger partial charge in [0.25, 0.3) is 0 Å². The number of anilines is 2. The molecule has 3 rings (SSSR count). The Morgan fingerprint density at radius 1 is 1.07 bits per heavy atom. The maximum Gasteiger partial charge on any atom is 0.236 e. The number of rotatable bonds is 7. The highest BCUT2D eigenvalue weighted by Crippen LogP contribution is 2.29. The Morgan fingerprint density at radius 3 is 2.47 bits per heavy atom. The van der Waals surface area contributed by atoms with Crippen LogP contribution in [0.3, 0.4) is 0 Å². The van der Waals surface area contributed by atoms with Gasteiger partial charge in [-0.25, -0.2) is 4.98 Å². The first-order valence-corrected chi connectivity index (χ1v) is 11.3. The van der Waals surface area contributed by atoms with E-state index in [1.165, 1.54) is 23.1 Å². The van der Waals surface area contributed by atoms with Crippen LogP contribution in [0.25, 0.3) is 10.2 Å². The van der Waals surface area contributed by atoms with Gasteiger partial charge in [-0.15, -0.1) is 11.8 Å². The summed E-state index contributed by atoms with van der Waals surface area (Å²) in [5, 5.41) is 6.32. The summed E-state index contributed by atoms with van der Waals surface area (Å²) in [4.78, 5) is 29.7. The molecule has 0 saturated carbocycles. The van der Waals surface area contributed by atoms with Gasteiger partial charge in [-0.1, -0.05) is 32.1 Å². The highest BCUT2D eigenvalue weighted by atomic mass is 32.2. The van der Waals surface area contributed by atoms with Crippen LogP contribution < -0.4 is 15.4 Å². The number of amides is 2. The standard InChI is InChI=1S/C22H25N3O3S2/c1-22(2,3)12-19(26)23-14-5-8-16(9-6-14)29-13-20(27)25-21-24-17-10-7-15(28-4)11-18(17)30-21/h5-11H,12-13H2,1-4H3,(H,23,26)(H,24,25,27). The van der Waals surface area contributed by atoms with Crippen LogP contribution in [0.1, 0.15) is 27.2 Å². The van der Waals surface area contributed by atoms with Gasteiger partial charge < -0.3 is 15.4 Å². The minimum absolute atomic E-state index is 0.00395. The summed E-state index contributed by atoms with van der Waals surface area (Å²) in [5.41, 5.74) is 1.53. The Hall–Kier alpha value is -2.58. The summed E-state index contributed by atoms with van der Waals surface area (Å²) < 4.78 is 6.18. The van der Waals surface area contributed by atoms with E-state index in [9.17, 15) is 9.59 Å². The van der Waals surface area contributed by atoms with E-state index in [-0.39, 0.29) is 23.0 Å². The Labute approximate surface area is 184 Å². The Balaban J connectivity index is 1.50. The lowest BCUT2D eigenvalue weighted by molar-refractivity contribution is -0.118. The second kappa shape index (κ2) is 9.49. The van der Waals surface area contributed by atoms with Crippen LogP contribution in [0, 0.1) is 5.41 Å². The fourth-order valence-electron chi connectivity index (χ4n) is 2.71. The van der Waals surface area contributed by atoms with Crippen LogP contribution in [0.5, 0.6) is 5.75 Å². The second-order valence-electron chi connectivity index (χ2n) is 8.00. The number of fused-ring (bicyclic) bond motifs is 1. The molecule has 158 valence electrons. The first-order chi connectivity index (χ1) is 14.2. The van der Waals surface area contributed by atoms with E-state index in [0.29, 0.717) is 11.6 Å². The summed E-state index contributed by atoms with van der Waals surface area (Å²) in [7, 11) is 1.62. The number of hydrogen-bond donors (Lipinski definition) is 2. The average molecular weight is 444 g/mol. The molecule has 0 bridgehead atoms. The molecule has 2 amide bonds. The fourth-order valence-corrected chi connectivity index (χ4v) is 4.32. The SMILES string of the molecule is COc1ccc2nc(NC(=O)CSc3ccc(NC(=O)CC(C)(C)C)cc3)sc2c1. The molecule has 1 aromatic heterocycles. The molecule has 1 heterocycles. The van der Waals surface area contributed by atoms with E-state index < -0.39 is 0 Å². The maximum absolute atomic E-state index is 12.3. The Morgan fingerprint density at radius 2 is 1.80 bits per heavy atom. The predicted molar refractivity (Wildman–Crippen MR) is 125 cm³/mol. The molecule has 0 aliphatic heterocycles. The molecule has 0 aliphatic carbocycles. The third-order valence-electron chi connectivity index (χ3n) is 4.04. The number of hydrogen-bond acceptors (Lipinski definition) is 6. The normalized spacial score (nSPS) is 11.3. The Bertz CT molecular complexity index is 1040. The van der Waals surface area contributed by atoms with Gasteiger partial charge in [0.2, 0.25) is 11.8 Å². The van der Waals surface area contributed by atoms with Gasteiger partial charge in [0.1, 0.15) is 5.75 Å². The molecule has 2 aromatic carbocycles. The van der Waals surface area contributed by atoms with E-state index >= 15 is 0 Å². The number of carbonyl (C=O) groups is 2. The smallest absolute Gasteiger partial charge is 0.236 e. The van der Waals surface area contributed by atoms with Crippen LogP contribution in [-0.4, -0.2) is 29.7 Å². The van der Waals surface area contributed by atoms with E-state index in [1.54, 1.807) is 7.11 Å². The molecule has 8 heteroatoms. The van der Waals surface area contributed by atoms with Crippen molar-refractivity contribution in [2.75, 3.05) is 23.5 Å². The summed E-state index contributed by atoms with van der Waals surface area (Å²) in [5.74, 6) is 0.913. The maximum atomic E-state index is 12.3.